The van der Waals surface area contributed by atoms with Crippen molar-refractivity contribution >= 4 is 29.5 Å². The predicted octanol–water partition coefficient (Wildman–Crippen LogP) is 8.23. The molecule has 48 heavy (non-hydrogen) atoms. The number of benzene rings is 4. The third-order valence-electron chi connectivity index (χ3n) is 8.04. The first-order valence-corrected chi connectivity index (χ1v) is 16.2. The van der Waals surface area contributed by atoms with Gasteiger partial charge in [0.1, 0.15) is 0 Å². The number of isocyanates is 1. The van der Waals surface area contributed by atoms with Gasteiger partial charge in [-0.05, 0) is 80.5 Å². The number of carbonyl (C=O) groups is 2. The Morgan fingerprint density at radius 1 is 0.896 bits per heavy atom. The highest BCUT2D eigenvalue weighted by Gasteiger charge is 2.25. The van der Waals surface area contributed by atoms with Crippen LogP contribution in [0.15, 0.2) is 108 Å². The number of urea groups is 1. The van der Waals surface area contributed by atoms with Crippen LogP contribution < -0.4 is 5.32 Å². The molecule has 0 aromatic heterocycles. The Kier molecular flexibility index (Phi) is 14.1. The molecule has 4 aromatic rings. The number of carboxylic acid groups (broad SMARTS) is 1. The van der Waals surface area contributed by atoms with Crippen LogP contribution in [0, 0.1) is 13.8 Å². The first-order chi connectivity index (χ1) is 23.3. The highest BCUT2D eigenvalue weighted by Crippen LogP contribution is 2.26. The zero-order valence-electron chi connectivity index (χ0n) is 27.5. The minimum absolute atomic E-state index is 0.00989. The first kappa shape index (κ1) is 35.8. The summed E-state index contributed by atoms with van der Waals surface area (Å²) in [6, 6.07) is 31.9. The number of aromatic carboxylic acids is 1. The number of aliphatic imine (C=N–C) groups is 1. The van der Waals surface area contributed by atoms with Crippen molar-refractivity contribution in [3.05, 3.63) is 131 Å². The molecule has 5 rings (SSSR count). The number of hydrogen-bond donors (Lipinski definition) is 2. The van der Waals surface area contributed by atoms with E-state index in [0.29, 0.717) is 36.5 Å². The summed E-state index contributed by atoms with van der Waals surface area (Å²) in [5.41, 5.74) is 5.38. The molecule has 1 aliphatic carbocycles. The molecule has 0 heterocycles. The van der Waals surface area contributed by atoms with Gasteiger partial charge >= 0.3 is 12.0 Å². The first-order valence-electron chi connectivity index (χ1n) is 16.2. The largest absolute Gasteiger partial charge is 0.478 e. The summed E-state index contributed by atoms with van der Waals surface area (Å²) in [5, 5.41) is 12.6. The van der Waals surface area contributed by atoms with Gasteiger partial charge in [0.15, 0.2) is 0 Å². The van der Waals surface area contributed by atoms with Gasteiger partial charge in [-0.3, -0.25) is 0 Å². The van der Waals surface area contributed by atoms with Gasteiger partial charge in [0, 0.05) is 18.8 Å². The van der Waals surface area contributed by atoms with Crippen LogP contribution in [0.4, 0.5) is 16.2 Å². The predicted molar refractivity (Wildman–Crippen MR) is 186 cm³/mol. The molecule has 9 heteroatoms. The van der Waals surface area contributed by atoms with Crippen molar-refractivity contribution in [2.75, 3.05) is 18.5 Å². The molecule has 2 amide bonds. The number of nitrogens with one attached hydrogen (secondary N) is 1. The summed E-state index contributed by atoms with van der Waals surface area (Å²) in [7, 11) is 0. The van der Waals surface area contributed by atoms with Gasteiger partial charge in [-0.25, -0.2) is 14.4 Å². The highest BCUT2D eigenvalue weighted by atomic mass is 16.5. The molecule has 0 unspecified atom stereocenters. The topological polar surface area (TPSA) is 118 Å². The van der Waals surface area contributed by atoms with E-state index in [0.717, 1.165) is 48.1 Å². The molecule has 2 N–H and O–H groups in total. The lowest BCUT2D eigenvalue weighted by Crippen LogP contribution is -2.38. The lowest BCUT2D eigenvalue weighted by Gasteiger charge is -2.30. The number of hydrogen-bond acceptors (Lipinski definition) is 6. The van der Waals surface area contributed by atoms with E-state index in [9.17, 15) is 19.5 Å². The second-order valence-corrected chi connectivity index (χ2v) is 11.8. The number of nitrogens with zero attached hydrogens (tertiary/aromatic N) is 2. The minimum Gasteiger partial charge on any atom is -0.478 e. The number of carbonyl (C=O) groups excluding carboxylic acids is 2. The molecule has 250 valence electrons. The Morgan fingerprint density at radius 3 is 2.27 bits per heavy atom. The Morgan fingerprint density at radius 2 is 1.58 bits per heavy atom. The van der Waals surface area contributed by atoms with Gasteiger partial charge in [-0.15, -0.1) is 0 Å². The van der Waals surface area contributed by atoms with Crippen LogP contribution in [0.3, 0.4) is 0 Å². The third-order valence-corrected chi connectivity index (χ3v) is 8.04. The van der Waals surface area contributed by atoms with Crippen LogP contribution in [0.2, 0.25) is 0 Å². The van der Waals surface area contributed by atoms with Gasteiger partial charge < -0.3 is 24.8 Å². The van der Waals surface area contributed by atoms with Gasteiger partial charge in [0.2, 0.25) is 6.08 Å². The van der Waals surface area contributed by atoms with E-state index in [1.165, 1.54) is 6.08 Å². The van der Waals surface area contributed by atoms with E-state index in [4.69, 9.17) is 9.47 Å². The van der Waals surface area contributed by atoms with Crippen LogP contribution in [0.5, 0.6) is 0 Å². The van der Waals surface area contributed by atoms with E-state index in [1.54, 1.807) is 30.0 Å². The van der Waals surface area contributed by atoms with Crippen LogP contribution >= 0.6 is 0 Å². The second-order valence-electron chi connectivity index (χ2n) is 11.8. The molecule has 0 spiro atoms. The number of amides is 2. The van der Waals surface area contributed by atoms with Crippen molar-refractivity contribution in [1.82, 2.24) is 4.90 Å². The average molecular weight is 650 g/mol. The zero-order chi connectivity index (χ0) is 34.1. The number of aryl methyl sites for hydroxylation is 2. The molecule has 1 fully saturated rings. The monoisotopic (exact) mass is 649 g/mol. The molecule has 2 atom stereocenters. The van der Waals surface area contributed by atoms with E-state index >= 15 is 0 Å². The Balaban J connectivity index is 0.000000500. The fourth-order valence-corrected chi connectivity index (χ4v) is 5.66. The quantitative estimate of drug-likeness (QED) is 0.118. The summed E-state index contributed by atoms with van der Waals surface area (Å²) in [6.07, 6.45) is 5.11. The van der Waals surface area contributed by atoms with Crippen molar-refractivity contribution < 1.29 is 29.0 Å². The standard InChI is InChI=1S/C32H38N2O5.C7H5NO/c1-23-9-6-11-25(19-23)21-34(32(37)33-27-13-4-3-5-14-27)17-18-38-28-15-8-16-29(20-28)39-22-26-12-7-10-24(2)30(26)31(35)36;9-6-8-7-4-2-1-3-5-7/h3-7,9-14,19,28-29H,8,15-18,20-22H2,1-2H3,(H,33,37)(H,35,36);1-5H/t28-,29+;/m0./s1. The van der Waals surface area contributed by atoms with Gasteiger partial charge in [0.05, 0.1) is 36.7 Å². The van der Waals surface area contributed by atoms with Crippen molar-refractivity contribution in [3.63, 3.8) is 0 Å². The average Bonchev–Trinajstić information content (AvgIpc) is 3.08. The molecule has 1 saturated carbocycles. The molecule has 4 aromatic carbocycles. The van der Waals surface area contributed by atoms with E-state index in [1.807, 2.05) is 85.8 Å². The smallest absolute Gasteiger partial charge is 0.336 e. The lowest BCUT2D eigenvalue weighted by molar-refractivity contribution is -0.0524. The van der Waals surface area contributed by atoms with E-state index < -0.39 is 5.97 Å². The zero-order valence-corrected chi connectivity index (χ0v) is 27.5. The number of anilines is 1. The van der Waals surface area contributed by atoms with Crippen LogP contribution in [-0.4, -0.2) is 53.4 Å². The molecule has 0 aliphatic heterocycles. The Hall–Kier alpha value is -5.08. The maximum absolute atomic E-state index is 13.2. The van der Waals surface area contributed by atoms with Crippen molar-refractivity contribution in [3.8, 4) is 0 Å². The number of carboxylic acids is 1. The van der Waals surface area contributed by atoms with Gasteiger partial charge in [-0.1, -0.05) is 84.4 Å². The fraction of sp³-hybridized carbons (Fsp3) is 0.308. The summed E-state index contributed by atoms with van der Waals surface area (Å²) >= 11 is 0. The summed E-state index contributed by atoms with van der Waals surface area (Å²) in [4.78, 5) is 39.7. The summed E-state index contributed by atoms with van der Waals surface area (Å²) in [6.45, 7) is 5.49. The minimum atomic E-state index is -0.928. The fourth-order valence-electron chi connectivity index (χ4n) is 5.66. The SMILES string of the molecule is Cc1cccc(CN(CCO[C@H]2CCC[C@@H](OCc3cccc(C)c3C(=O)O)C2)C(=O)Nc2ccccc2)c1.O=C=Nc1ccccc1. The van der Waals surface area contributed by atoms with Crippen molar-refractivity contribution in [2.45, 2.75) is 64.9 Å². The summed E-state index contributed by atoms with van der Waals surface area (Å²) in [5.74, 6) is -0.928. The van der Waals surface area contributed by atoms with Crippen molar-refractivity contribution in [1.29, 1.82) is 0 Å². The van der Waals surface area contributed by atoms with Crippen LogP contribution in [0.25, 0.3) is 0 Å². The lowest BCUT2D eigenvalue weighted by atomic mass is 9.94. The molecule has 0 radical (unpaired) electrons. The van der Waals surface area contributed by atoms with Crippen LogP contribution in [-0.2, 0) is 27.4 Å². The van der Waals surface area contributed by atoms with Crippen LogP contribution in [0.1, 0.15) is 58.3 Å². The molecular weight excluding hydrogens is 606 g/mol. The molecule has 9 nitrogen and oxygen atoms in total. The molecular formula is C39H43N3O6. The number of para-hydroxylation sites is 2. The number of ether oxygens (including phenoxy) is 2. The van der Waals surface area contributed by atoms with E-state index in [-0.39, 0.29) is 24.8 Å². The normalized spacial score (nSPS) is 15.3. The maximum Gasteiger partial charge on any atom is 0.336 e. The molecule has 0 saturated heterocycles. The molecule has 0 bridgehead atoms. The maximum atomic E-state index is 13.2. The van der Waals surface area contributed by atoms with Crippen molar-refractivity contribution in [2.24, 2.45) is 4.99 Å². The highest BCUT2D eigenvalue weighted by molar-refractivity contribution is 5.91. The third kappa shape index (κ3) is 11.6. The molecule has 1 aliphatic rings. The Bertz CT molecular complexity index is 1660. The number of rotatable bonds is 12. The Labute approximate surface area is 282 Å². The van der Waals surface area contributed by atoms with E-state index in [2.05, 4.69) is 16.4 Å². The van der Waals surface area contributed by atoms with Gasteiger partial charge in [-0.2, -0.15) is 4.99 Å². The van der Waals surface area contributed by atoms with Gasteiger partial charge in [0.25, 0.3) is 0 Å². The summed E-state index contributed by atoms with van der Waals surface area (Å²) < 4.78 is 12.4. The second kappa shape index (κ2) is 18.9.